The van der Waals surface area contributed by atoms with E-state index in [4.69, 9.17) is 16.3 Å². The van der Waals surface area contributed by atoms with Gasteiger partial charge in [0.1, 0.15) is 0 Å². The summed E-state index contributed by atoms with van der Waals surface area (Å²) in [6.45, 7) is 1.96. The van der Waals surface area contributed by atoms with Crippen LogP contribution < -0.4 is 10.9 Å². The van der Waals surface area contributed by atoms with Gasteiger partial charge in [0.05, 0.1) is 24.4 Å². The molecule has 1 heterocycles. The Labute approximate surface area is 196 Å². The molecule has 6 nitrogen and oxygen atoms in total. The molecule has 0 bridgehead atoms. The number of nitrogens with one attached hydrogen (secondary N) is 1. The van der Waals surface area contributed by atoms with Crippen LogP contribution in [0.15, 0.2) is 89.7 Å². The van der Waals surface area contributed by atoms with Gasteiger partial charge in [-0.05, 0) is 36.8 Å². The molecular formula is C26H22ClN3O3. The zero-order chi connectivity index (χ0) is 23.4. The van der Waals surface area contributed by atoms with Gasteiger partial charge in [0.15, 0.2) is 11.0 Å². The number of ether oxygens (including phenoxy) is 1. The van der Waals surface area contributed by atoms with E-state index in [1.807, 2.05) is 67.6 Å². The minimum absolute atomic E-state index is 0.148. The number of methoxy groups -OCH3 is 1. The molecule has 0 aliphatic heterocycles. The highest BCUT2D eigenvalue weighted by molar-refractivity contribution is 6.32. The van der Waals surface area contributed by atoms with Gasteiger partial charge in [-0.25, -0.2) is 9.78 Å². The maximum Gasteiger partial charge on any atom is 0.337 e. The lowest BCUT2D eigenvalue weighted by molar-refractivity contribution is 0.0601. The van der Waals surface area contributed by atoms with Crippen LogP contribution in [0.3, 0.4) is 0 Å². The van der Waals surface area contributed by atoms with Crippen LogP contribution in [-0.2, 0) is 4.74 Å². The molecule has 0 saturated heterocycles. The Hall–Kier alpha value is -3.90. The summed E-state index contributed by atoms with van der Waals surface area (Å²) >= 11 is 6.65. The van der Waals surface area contributed by atoms with Crippen molar-refractivity contribution < 1.29 is 9.53 Å². The molecule has 0 saturated carbocycles. The molecule has 0 aliphatic rings. The van der Waals surface area contributed by atoms with Crippen molar-refractivity contribution in [1.29, 1.82) is 0 Å². The molecule has 1 unspecified atom stereocenters. The Morgan fingerprint density at radius 2 is 1.58 bits per heavy atom. The van der Waals surface area contributed by atoms with Crippen molar-refractivity contribution in [3.63, 3.8) is 0 Å². The maximum absolute atomic E-state index is 13.6. The molecule has 0 amide bonds. The summed E-state index contributed by atoms with van der Waals surface area (Å²) in [5, 5.41) is 3.36. The molecule has 1 aromatic heterocycles. The monoisotopic (exact) mass is 459 g/mol. The van der Waals surface area contributed by atoms with Gasteiger partial charge in [-0.2, -0.15) is 0 Å². The fourth-order valence-electron chi connectivity index (χ4n) is 3.58. The maximum atomic E-state index is 13.6. The molecule has 33 heavy (non-hydrogen) atoms. The summed E-state index contributed by atoms with van der Waals surface area (Å²) in [6, 6.07) is 25.5. The van der Waals surface area contributed by atoms with Gasteiger partial charge in [-0.1, -0.05) is 72.3 Å². The average molecular weight is 460 g/mol. The summed E-state index contributed by atoms with van der Waals surface area (Å²) in [6.07, 6.45) is 0. The third-order valence-corrected chi connectivity index (χ3v) is 5.54. The third-order valence-electron chi connectivity index (χ3n) is 5.28. The number of benzene rings is 3. The molecule has 7 heteroatoms. The highest BCUT2D eigenvalue weighted by atomic mass is 35.5. The van der Waals surface area contributed by atoms with Gasteiger partial charge >= 0.3 is 5.97 Å². The topological polar surface area (TPSA) is 73.2 Å². The van der Waals surface area contributed by atoms with Crippen molar-refractivity contribution in [2.24, 2.45) is 0 Å². The van der Waals surface area contributed by atoms with Crippen molar-refractivity contribution in [2.75, 3.05) is 12.4 Å². The van der Waals surface area contributed by atoms with E-state index in [9.17, 15) is 9.59 Å². The van der Waals surface area contributed by atoms with E-state index in [0.29, 0.717) is 22.5 Å². The van der Waals surface area contributed by atoms with Gasteiger partial charge < -0.3 is 10.1 Å². The fraction of sp³-hybridized carbons (Fsp3) is 0.115. The average Bonchev–Trinajstić information content (AvgIpc) is 2.86. The molecule has 166 valence electrons. The predicted molar refractivity (Wildman–Crippen MR) is 130 cm³/mol. The molecule has 4 aromatic rings. The number of carbonyl (C=O) groups is 1. The fourth-order valence-corrected chi connectivity index (χ4v) is 3.85. The molecule has 1 N–H and O–H groups in total. The first kappa shape index (κ1) is 22.3. The normalized spacial score (nSPS) is 11.6. The van der Waals surface area contributed by atoms with Gasteiger partial charge in [-0.3, -0.25) is 9.36 Å². The van der Waals surface area contributed by atoms with Crippen molar-refractivity contribution in [1.82, 2.24) is 9.55 Å². The Morgan fingerprint density at radius 1 is 0.970 bits per heavy atom. The van der Waals surface area contributed by atoms with Crippen molar-refractivity contribution in [3.8, 4) is 16.9 Å². The number of esters is 1. The number of nitrogens with zero attached hydrogens (tertiary/aromatic N) is 2. The second-order valence-corrected chi connectivity index (χ2v) is 7.78. The predicted octanol–water partition coefficient (Wildman–Crippen LogP) is 5.51. The van der Waals surface area contributed by atoms with E-state index in [1.165, 1.54) is 11.7 Å². The molecule has 0 spiro atoms. The van der Waals surface area contributed by atoms with E-state index in [0.717, 1.165) is 5.56 Å². The van der Waals surface area contributed by atoms with Gasteiger partial charge in [0, 0.05) is 11.3 Å². The number of aromatic nitrogens is 2. The number of hydrogen-bond acceptors (Lipinski definition) is 5. The zero-order valence-corrected chi connectivity index (χ0v) is 18.9. The number of carbonyl (C=O) groups excluding carboxylic acids is 1. The van der Waals surface area contributed by atoms with Crippen LogP contribution in [0.5, 0.6) is 0 Å². The SMILES string of the molecule is COC(=O)c1ccc(-c2c(Cl)nc(NC(C)c3ccccc3)c(=O)n2-c2ccccc2)cc1. The lowest BCUT2D eigenvalue weighted by Gasteiger charge is -2.19. The minimum atomic E-state index is -0.444. The van der Waals surface area contributed by atoms with Crippen molar-refractivity contribution >= 4 is 23.4 Å². The van der Waals surface area contributed by atoms with Gasteiger partial charge in [-0.15, -0.1) is 0 Å². The quantitative estimate of drug-likeness (QED) is 0.385. The molecule has 1 atom stereocenters. The highest BCUT2D eigenvalue weighted by Crippen LogP contribution is 2.30. The lowest BCUT2D eigenvalue weighted by Crippen LogP contribution is -2.26. The molecule has 0 aliphatic carbocycles. The summed E-state index contributed by atoms with van der Waals surface area (Å²) < 4.78 is 6.30. The second kappa shape index (κ2) is 9.71. The number of hydrogen-bond donors (Lipinski definition) is 1. The Balaban J connectivity index is 1.85. The Morgan fingerprint density at radius 3 is 2.18 bits per heavy atom. The van der Waals surface area contributed by atoms with E-state index >= 15 is 0 Å². The molecular weight excluding hydrogens is 438 g/mol. The number of halogens is 1. The van der Waals surface area contributed by atoms with Crippen molar-refractivity contribution in [3.05, 3.63) is 112 Å². The summed E-state index contributed by atoms with van der Waals surface area (Å²) in [5.41, 5.74) is 2.80. The number of anilines is 1. The summed E-state index contributed by atoms with van der Waals surface area (Å²) in [4.78, 5) is 29.8. The van der Waals surface area contributed by atoms with Crippen LogP contribution in [0.2, 0.25) is 5.15 Å². The largest absolute Gasteiger partial charge is 0.465 e. The minimum Gasteiger partial charge on any atom is -0.465 e. The molecule has 4 rings (SSSR count). The number of para-hydroxylation sites is 1. The number of rotatable bonds is 6. The van der Waals surface area contributed by atoms with E-state index < -0.39 is 5.97 Å². The van der Waals surface area contributed by atoms with Gasteiger partial charge in [0.2, 0.25) is 0 Å². The second-order valence-electron chi connectivity index (χ2n) is 7.42. The van der Waals surface area contributed by atoms with Crippen LogP contribution in [-0.4, -0.2) is 22.6 Å². The van der Waals surface area contributed by atoms with E-state index in [2.05, 4.69) is 10.3 Å². The van der Waals surface area contributed by atoms with Crippen molar-refractivity contribution in [2.45, 2.75) is 13.0 Å². The highest BCUT2D eigenvalue weighted by Gasteiger charge is 2.20. The van der Waals surface area contributed by atoms with Crippen LogP contribution in [0, 0.1) is 0 Å². The molecule has 0 radical (unpaired) electrons. The van der Waals surface area contributed by atoms with Crippen LogP contribution in [0.1, 0.15) is 28.9 Å². The van der Waals surface area contributed by atoms with Crippen LogP contribution in [0.25, 0.3) is 16.9 Å². The van der Waals surface area contributed by atoms with E-state index in [1.54, 1.807) is 24.3 Å². The standard InChI is InChI=1S/C26H22ClN3O3/c1-17(18-9-5-3-6-10-18)28-24-25(31)30(21-11-7-4-8-12-21)22(23(27)29-24)19-13-15-20(16-14-19)26(32)33-2/h3-17H,1-2H3,(H,28,29). The first-order valence-electron chi connectivity index (χ1n) is 10.4. The van der Waals surface area contributed by atoms with Crippen LogP contribution >= 0.6 is 11.6 Å². The Bertz CT molecular complexity index is 1320. The van der Waals surface area contributed by atoms with E-state index in [-0.39, 0.29) is 22.6 Å². The molecule has 0 fully saturated rings. The Kier molecular flexibility index (Phi) is 6.56. The lowest BCUT2D eigenvalue weighted by atomic mass is 10.1. The summed E-state index contributed by atoms with van der Waals surface area (Å²) in [7, 11) is 1.33. The van der Waals surface area contributed by atoms with Crippen LogP contribution in [0.4, 0.5) is 5.82 Å². The third kappa shape index (κ3) is 4.66. The first-order valence-corrected chi connectivity index (χ1v) is 10.8. The van der Waals surface area contributed by atoms with Gasteiger partial charge in [0.25, 0.3) is 5.56 Å². The molecule has 3 aromatic carbocycles. The smallest absolute Gasteiger partial charge is 0.337 e. The summed E-state index contributed by atoms with van der Waals surface area (Å²) in [5.74, 6) is -0.296. The first-order chi connectivity index (χ1) is 16.0. The zero-order valence-electron chi connectivity index (χ0n) is 18.2.